The molecule has 0 bridgehead atoms. The first kappa shape index (κ1) is 23.6. The Hall–Kier alpha value is -3.52. The fourth-order valence-electron chi connectivity index (χ4n) is 3.70. The number of ether oxygens (including phenoxy) is 2. The minimum absolute atomic E-state index is 0.195. The fourth-order valence-corrected chi connectivity index (χ4v) is 3.90. The predicted octanol–water partition coefficient (Wildman–Crippen LogP) is 5.01. The number of pyridine rings is 1. The van der Waals surface area contributed by atoms with Crippen LogP contribution in [0, 0.1) is 0 Å². The second-order valence-electron chi connectivity index (χ2n) is 8.89. The van der Waals surface area contributed by atoms with Crippen LogP contribution in [0.25, 0.3) is 21.9 Å². The highest BCUT2D eigenvalue weighted by atomic mass is 35.5. The Labute approximate surface area is 203 Å². The summed E-state index contributed by atoms with van der Waals surface area (Å²) in [7, 11) is 0. The number of benzene rings is 2. The van der Waals surface area contributed by atoms with Gasteiger partial charge in [-0.1, -0.05) is 30.3 Å². The van der Waals surface area contributed by atoms with E-state index >= 15 is 0 Å². The number of hydrogen-bond acceptors (Lipinski definition) is 6. The molecule has 0 radical (unpaired) electrons. The molecule has 8 nitrogen and oxygen atoms in total. The van der Waals surface area contributed by atoms with Crippen LogP contribution < -0.4 is 15.8 Å². The van der Waals surface area contributed by atoms with Gasteiger partial charge in [0, 0.05) is 24.5 Å². The van der Waals surface area contributed by atoms with Crippen LogP contribution in [0.15, 0.2) is 48.5 Å². The molecule has 4 rings (SSSR count). The van der Waals surface area contributed by atoms with Gasteiger partial charge >= 0.3 is 6.09 Å². The largest absolute Gasteiger partial charge is 0.489 e. The molecule has 2 aromatic heterocycles. The lowest BCUT2D eigenvalue weighted by Crippen LogP contribution is -2.34. The molecule has 34 heavy (non-hydrogen) atoms. The maximum atomic E-state index is 12.0. The molecule has 0 aliphatic rings. The average Bonchev–Trinajstić information content (AvgIpc) is 3.16. The smallest absolute Gasteiger partial charge is 0.407 e. The average molecular weight is 482 g/mol. The number of imidazole rings is 1. The van der Waals surface area contributed by atoms with E-state index in [0.717, 1.165) is 16.5 Å². The summed E-state index contributed by atoms with van der Waals surface area (Å²) in [6, 6.07) is 15.7. The van der Waals surface area contributed by atoms with Gasteiger partial charge in [-0.15, -0.1) is 11.6 Å². The lowest BCUT2D eigenvalue weighted by Gasteiger charge is -2.20. The van der Waals surface area contributed by atoms with Crippen LogP contribution in [0.3, 0.4) is 0 Å². The van der Waals surface area contributed by atoms with Crippen molar-refractivity contribution in [2.24, 2.45) is 0 Å². The van der Waals surface area contributed by atoms with Gasteiger partial charge in [-0.3, -0.25) is 0 Å². The van der Waals surface area contributed by atoms with Gasteiger partial charge in [-0.25, -0.2) is 14.8 Å². The number of aromatic nitrogens is 3. The molecule has 0 fully saturated rings. The summed E-state index contributed by atoms with van der Waals surface area (Å²) >= 11 is 6.18. The third-order valence-electron chi connectivity index (χ3n) is 5.13. The number of amides is 1. The molecule has 0 atom stereocenters. The maximum absolute atomic E-state index is 12.0. The maximum Gasteiger partial charge on any atom is 0.407 e. The standard InChI is InChI=1S/C25H28ClN5O3/c1-25(2,3)34-24(32)28-11-12-31-20(14-26)30-21-22(31)18-10-9-17(13-19(18)29-23(21)27)33-15-16-7-5-4-6-8-16/h4-10,13H,11-12,14-15H2,1-3H3,(H2,27,29)(H,28,32). The first-order valence-corrected chi connectivity index (χ1v) is 11.6. The number of anilines is 1. The van der Waals surface area contributed by atoms with Gasteiger partial charge in [0.1, 0.15) is 29.3 Å². The Morgan fingerprint density at radius 1 is 1.15 bits per heavy atom. The van der Waals surface area contributed by atoms with Gasteiger partial charge in [0.2, 0.25) is 0 Å². The number of carbonyl (C=O) groups is 1. The quantitative estimate of drug-likeness (QED) is 0.359. The molecule has 1 amide bonds. The molecule has 0 aliphatic heterocycles. The van der Waals surface area contributed by atoms with E-state index in [-0.39, 0.29) is 5.88 Å². The van der Waals surface area contributed by atoms with Crippen molar-refractivity contribution in [3.8, 4) is 5.75 Å². The minimum atomic E-state index is -0.566. The molecular weight excluding hydrogens is 454 g/mol. The molecule has 4 aromatic rings. The van der Waals surface area contributed by atoms with Crippen molar-refractivity contribution in [1.82, 2.24) is 19.9 Å². The molecule has 0 saturated heterocycles. The molecule has 2 aromatic carbocycles. The molecular formula is C25H28ClN5O3. The highest BCUT2D eigenvalue weighted by Gasteiger charge is 2.19. The van der Waals surface area contributed by atoms with Gasteiger partial charge in [-0.2, -0.15) is 0 Å². The van der Waals surface area contributed by atoms with Crippen LogP contribution in [0.4, 0.5) is 10.6 Å². The van der Waals surface area contributed by atoms with Crippen LogP contribution in [0.5, 0.6) is 5.75 Å². The topological polar surface area (TPSA) is 104 Å². The van der Waals surface area contributed by atoms with Gasteiger partial charge < -0.3 is 25.1 Å². The third kappa shape index (κ3) is 5.34. The number of nitrogens with zero attached hydrogens (tertiary/aromatic N) is 3. The number of nitrogen functional groups attached to an aromatic ring is 1. The first-order chi connectivity index (χ1) is 16.2. The van der Waals surface area contributed by atoms with Crippen molar-refractivity contribution < 1.29 is 14.3 Å². The Morgan fingerprint density at radius 3 is 2.62 bits per heavy atom. The Kier molecular flexibility index (Phi) is 6.79. The summed E-state index contributed by atoms with van der Waals surface area (Å²) in [6.45, 7) is 6.70. The summed E-state index contributed by atoms with van der Waals surface area (Å²) in [6.07, 6.45) is -0.476. The van der Waals surface area contributed by atoms with Crippen molar-refractivity contribution in [2.45, 2.75) is 45.4 Å². The molecule has 2 heterocycles. The highest BCUT2D eigenvalue weighted by molar-refractivity contribution is 6.17. The minimum Gasteiger partial charge on any atom is -0.489 e. The van der Waals surface area contributed by atoms with Gasteiger partial charge in [0.25, 0.3) is 0 Å². The molecule has 0 spiro atoms. The molecule has 0 unspecified atom stereocenters. The summed E-state index contributed by atoms with van der Waals surface area (Å²) in [5.74, 6) is 1.85. The number of rotatable bonds is 7. The van der Waals surface area contributed by atoms with E-state index < -0.39 is 11.7 Å². The van der Waals surface area contributed by atoms with E-state index in [2.05, 4.69) is 15.3 Å². The van der Waals surface area contributed by atoms with Crippen LogP contribution in [-0.2, 0) is 23.8 Å². The lowest BCUT2D eigenvalue weighted by molar-refractivity contribution is 0.0526. The van der Waals surface area contributed by atoms with Crippen LogP contribution in [0.1, 0.15) is 32.2 Å². The SMILES string of the molecule is CC(C)(C)OC(=O)NCCn1c(CCl)nc2c(N)nc3cc(OCc4ccccc4)ccc3c21. The fraction of sp³-hybridized carbons (Fsp3) is 0.320. The van der Waals surface area contributed by atoms with E-state index in [1.54, 1.807) is 0 Å². The zero-order chi connectivity index (χ0) is 24.3. The Balaban J connectivity index is 1.62. The number of fused-ring (bicyclic) bond motifs is 3. The molecule has 178 valence electrons. The van der Waals surface area contributed by atoms with Gasteiger partial charge in [0.15, 0.2) is 5.82 Å². The number of alkyl carbamates (subject to hydrolysis) is 1. The van der Waals surface area contributed by atoms with Gasteiger partial charge in [0.05, 0.1) is 16.9 Å². The van der Waals surface area contributed by atoms with Gasteiger partial charge in [-0.05, 0) is 38.5 Å². The first-order valence-electron chi connectivity index (χ1n) is 11.0. The Morgan fingerprint density at radius 2 is 1.91 bits per heavy atom. The van der Waals surface area contributed by atoms with Crippen LogP contribution in [-0.4, -0.2) is 32.8 Å². The molecule has 3 N–H and O–H groups in total. The van der Waals surface area contributed by atoms with E-state index in [4.69, 9.17) is 26.8 Å². The second-order valence-corrected chi connectivity index (χ2v) is 9.16. The van der Waals surface area contributed by atoms with E-state index in [0.29, 0.717) is 48.1 Å². The van der Waals surface area contributed by atoms with Crippen LogP contribution >= 0.6 is 11.6 Å². The number of nitrogens with one attached hydrogen (secondary N) is 1. The molecule has 0 aliphatic carbocycles. The summed E-state index contributed by atoms with van der Waals surface area (Å²) in [5.41, 5.74) is 8.86. The van der Waals surface area contributed by atoms with Crippen molar-refractivity contribution in [3.63, 3.8) is 0 Å². The number of halogens is 1. The summed E-state index contributed by atoms with van der Waals surface area (Å²) in [5, 5.41) is 3.65. The van der Waals surface area contributed by atoms with E-state index in [1.165, 1.54) is 0 Å². The number of alkyl halides is 1. The van der Waals surface area contributed by atoms with Crippen molar-refractivity contribution in [2.75, 3.05) is 12.3 Å². The monoisotopic (exact) mass is 481 g/mol. The zero-order valence-corrected chi connectivity index (χ0v) is 20.2. The Bertz CT molecular complexity index is 1320. The predicted molar refractivity (Wildman–Crippen MR) is 134 cm³/mol. The lowest BCUT2D eigenvalue weighted by atomic mass is 10.1. The van der Waals surface area contributed by atoms with E-state index in [1.807, 2.05) is 73.9 Å². The summed E-state index contributed by atoms with van der Waals surface area (Å²) < 4.78 is 13.2. The normalized spacial score (nSPS) is 11.6. The van der Waals surface area contributed by atoms with Crippen molar-refractivity contribution in [1.29, 1.82) is 0 Å². The third-order valence-corrected chi connectivity index (χ3v) is 5.37. The van der Waals surface area contributed by atoms with Crippen molar-refractivity contribution in [3.05, 3.63) is 59.9 Å². The van der Waals surface area contributed by atoms with E-state index in [9.17, 15) is 4.79 Å². The van der Waals surface area contributed by atoms with Crippen LogP contribution in [0.2, 0.25) is 0 Å². The van der Waals surface area contributed by atoms with Crippen molar-refractivity contribution >= 4 is 45.4 Å². The highest BCUT2D eigenvalue weighted by Crippen LogP contribution is 2.31. The zero-order valence-electron chi connectivity index (χ0n) is 19.5. The molecule has 0 saturated carbocycles. The summed E-state index contributed by atoms with van der Waals surface area (Å²) in [4.78, 5) is 21.2. The second kappa shape index (κ2) is 9.77. The number of nitrogens with two attached hydrogens (primary N) is 1. The number of hydrogen-bond donors (Lipinski definition) is 2. The molecule has 9 heteroatoms. The number of carbonyl (C=O) groups excluding carboxylic acids is 1.